The van der Waals surface area contributed by atoms with Crippen molar-refractivity contribution in [2.45, 2.75) is 39.8 Å². The van der Waals surface area contributed by atoms with Crippen LogP contribution in [0.25, 0.3) is 0 Å². The van der Waals surface area contributed by atoms with E-state index < -0.39 is 28.5 Å². The first-order valence-corrected chi connectivity index (χ1v) is 13.6. The van der Waals surface area contributed by atoms with E-state index in [1.165, 1.54) is 11.0 Å². The van der Waals surface area contributed by atoms with Crippen LogP contribution in [0.3, 0.4) is 0 Å². The number of rotatable bonds is 12. The van der Waals surface area contributed by atoms with E-state index in [1.807, 2.05) is 26.8 Å². The van der Waals surface area contributed by atoms with E-state index in [0.717, 1.165) is 16.1 Å². The highest BCUT2D eigenvalue weighted by Crippen LogP contribution is 2.27. The standard InChI is InChI=1S/C25H34ClN3O5S/c1-6-22(25(31)27-15-18(2)3)28(16-19-10-9-11-20(14-19)34-4)24(30)17-29(35(5,32)33)23-13-8-7-12-21(23)26/h7-14,18,22H,6,15-17H2,1-5H3,(H,27,31)/t22-/m1/s1. The maximum absolute atomic E-state index is 13.7. The molecule has 1 atom stereocenters. The SMILES string of the molecule is CC[C@H](C(=O)NCC(C)C)N(Cc1cccc(OC)c1)C(=O)CN(c1ccccc1Cl)S(C)(=O)=O. The number of anilines is 1. The zero-order valence-electron chi connectivity index (χ0n) is 20.8. The molecule has 35 heavy (non-hydrogen) atoms. The number of methoxy groups -OCH3 is 1. The molecule has 0 unspecified atom stereocenters. The number of ether oxygens (including phenoxy) is 1. The largest absolute Gasteiger partial charge is 0.497 e. The van der Waals surface area contributed by atoms with Gasteiger partial charge in [0.05, 0.1) is 24.1 Å². The number of carbonyl (C=O) groups is 2. The van der Waals surface area contributed by atoms with Gasteiger partial charge in [-0.25, -0.2) is 8.42 Å². The van der Waals surface area contributed by atoms with Crippen molar-refractivity contribution < 1.29 is 22.7 Å². The molecule has 192 valence electrons. The number of hydrogen-bond donors (Lipinski definition) is 1. The molecule has 0 fully saturated rings. The Morgan fingerprint density at radius 3 is 2.37 bits per heavy atom. The third-order valence-electron chi connectivity index (χ3n) is 5.36. The lowest BCUT2D eigenvalue weighted by Gasteiger charge is -2.33. The van der Waals surface area contributed by atoms with Crippen LogP contribution in [-0.4, -0.2) is 57.6 Å². The monoisotopic (exact) mass is 523 g/mol. The third kappa shape index (κ3) is 8.14. The van der Waals surface area contributed by atoms with Crippen molar-refractivity contribution in [2.75, 3.05) is 30.8 Å². The van der Waals surface area contributed by atoms with E-state index in [0.29, 0.717) is 18.7 Å². The number of hydrogen-bond acceptors (Lipinski definition) is 5. The van der Waals surface area contributed by atoms with Crippen molar-refractivity contribution in [2.24, 2.45) is 5.92 Å². The number of benzene rings is 2. The first-order valence-electron chi connectivity index (χ1n) is 11.4. The minimum Gasteiger partial charge on any atom is -0.497 e. The summed E-state index contributed by atoms with van der Waals surface area (Å²) in [5, 5.41) is 3.09. The van der Waals surface area contributed by atoms with Gasteiger partial charge in [-0.1, -0.05) is 56.6 Å². The fraction of sp³-hybridized carbons (Fsp3) is 0.440. The maximum atomic E-state index is 13.7. The number of amides is 2. The molecule has 2 rings (SSSR count). The van der Waals surface area contributed by atoms with Crippen molar-refractivity contribution in [1.82, 2.24) is 10.2 Å². The lowest BCUT2D eigenvalue weighted by Crippen LogP contribution is -2.52. The van der Waals surface area contributed by atoms with Crippen molar-refractivity contribution in [3.8, 4) is 5.75 Å². The van der Waals surface area contributed by atoms with E-state index in [1.54, 1.807) is 43.5 Å². The number of nitrogens with zero attached hydrogens (tertiary/aromatic N) is 2. The predicted octanol–water partition coefficient (Wildman–Crippen LogP) is 3.69. The summed E-state index contributed by atoms with van der Waals surface area (Å²) in [4.78, 5) is 28.1. The lowest BCUT2D eigenvalue weighted by molar-refractivity contribution is -0.140. The summed E-state index contributed by atoms with van der Waals surface area (Å²) >= 11 is 6.25. The Balaban J connectivity index is 2.45. The second-order valence-corrected chi connectivity index (χ2v) is 11.0. The predicted molar refractivity (Wildman–Crippen MR) is 139 cm³/mol. The van der Waals surface area contributed by atoms with Gasteiger partial charge in [0.1, 0.15) is 18.3 Å². The molecule has 2 aromatic carbocycles. The van der Waals surface area contributed by atoms with Crippen LogP contribution in [0.5, 0.6) is 5.75 Å². The average molecular weight is 524 g/mol. The molecule has 0 radical (unpaired) electrons. The van der Waals surface area contributed by atoms with Crippen molar-refractivity contribution in [3.63, 3.8) is 0 Å². The molecule has 0 aliphatic carbocycles. The topological polar surface area (TPSA) is 96.0 Å². The first-order chi connectivity index (χ1) is 16.5. The van der Waals surface area contributed by atoms with E-state index in [9.17, 15) is 18.0 Å². The van der Waals surface area contributed by atoms with Gasteiger partial charge in [-0.2, -0.15) is 0 Å². The summed E-state index contributed by atoms with van der Waals surface area (Å²) in [6, 6.07) is 12.8. The van der Waals surface area contributed by atoms with Gasteiger partial charge in [0.15, 0.2) is 0 Å². The molecule has 0 aromatic heterocycles. The molecule has 1 N–H and O–H groups in total. The number of carbonyl (C=O) groups excluding carboxylic acids is 2. The van der Waals surface area contributed by atoms with Crippen molar-refractivity contribution >= 4 is 39.1 Å². The van der Waals surface area contributed by atoms with Gasteiger partial charge in [0.2, 0.25) is 21.8 Å². The molecule has 0 saturated heterocycles. The van der Waals surface area contributed by atoms with Crippen LogP contribution in [0.4, 0.5) is 5.69 Å². The van der Waals surface area contributed by atoms with Crippen LogP contribution < -0.4 is 14.4 Å². The van der Waals surface area contributed by atoms with Gasteiger partial charge in [-0.15, -0.1) is 0 Å². The molecular weight excluding hydrogens is 490 g/mol. The molecule has 2 aromatic rings. The maximum Gasteiger partial charge on any atom is 0.244 e. The van der Waals surface area contributed by atoms with Gasteiger partial charge in [0, 0.05) is 13.1 Å². The fourth-order valence-electron chi connectivity index (χ4n) is 3.56. The number of para-hydroxylation sites is 1. The van der Waals surface area contributed by atoms with E-state index >= 15 is 0 Å². The molecule has 0 aliphatic heterocycles. The van der Waals surface area contributed by atoms with E-state index in [-0.39, 0.29) is 29.1 Å². The molecular formula is C25H34ClN3O5S. The Labute approximate surface area is 213 Å². The van der Waals surface area contributed by atoms with Crippen LogP contribution in [0.15, 0.2) is 48.5 Å². The quantitative estimate of drug-likeness (QED) is 0.457. The zero-order valence-corrected chi connectivity index (χ0v) is 22.4. The summed E-state index contributed by atoms with van der Waals surface area (Å²) < 4.78 is 31.5. The van der Waals surface area contributed by atoms with Gasteiger partial charge in [-0.05, 0) is 42.2 Å². The first kappa shape index (κ1) is 28.5. The van der Waals surface area contributed by atoms with Gasteiger partial charge in [0.25, 0.3) is 0 Å². The minimum atomic E-state index is -3.85. The highest BCUT2D eigenvalue weighted by molar-refractivity contribution is 7.92. The molecule has 0 saturated carbocycles. The summed E-state index contributed by atoms with van der Waals surface area (Å²) in [5.74, 6) is 0.0341. The smallest absolute Gasteiger partial charge is 0.244 e. The summed E-state index contributed by atoms with van der Waals surface area (Å²) in [7, 11) is -2.30. The van der Waals surface area contributed by atoms with Gasteiger partial charge in [-0.3, -0.25) is 13.9 Å². The Morgan fingerprint density at radius 1 is 1.11 bits per heavy atom. The van der Waals surface area contributed by atoms with Crippen molar-refractivity contribution in [1.29, 1.82) is 0 Å². The van der Waals surface area contributed by atoms with Gasteiger partial charge < -0.3 is 15.0 Å². The zero-order chi connectivity index (χ0) is 26.2. The second kappa shape index (κ2) is 12.8. The molecule has 0 heterocycles. The average Bonchev–Trinajstić information content (AvgIpc) is 2.80. The molecule has 0 bridgehead atoms. The Kier molecular flexibility index (Phi) is 10.4. The van der Waals surface area contributed by atoms with Crippen LogP contribution in [0, 0.1) is 5.92 Å². The summed E-state index contributed by atoms with van der Waals surface area (Å²) in [6.45, 7) is 5.84. The molecule has 0 spiro atoms. The van der Waals surface area contributed by atoms with Crippen LogP contribution >= 0.6 is 11.6 Å². The van der Waals surface area contributed by atoms with Crippen LogP contribution in [-0.2, 0) is 26.2 Å². The number of halogens is 1. The van der Waals surface area contributed by atoms with E-state index in [4.69, 9.17) is 16.3 Å². The van der Waals surface area contributed by atoms with Crippen LogP contribution in [0.1, 0.15) is 32.8 Å². The fourth-order valence-corrected chi connectivity index (χ4v) is 4.71. The molecule has 2 amide bonds. The minimum absolute atomic E-state index is 0.101. The van der Waals surface area contributed by atoms with Crippen LogP contribution in [0.2, 0.25) is 5.02 Å². The highest BCUT2D eigenvalue weighted by atomic mass is 35.5. The Bertz CT molecular complexity index is 1120. The normalized spacial score (nSPS) is 12.2. The number of sulfonamides is 1. The number of nitrogens with one attached hydrogen (secondary N) is 1. The molecule has 0 aliphatic rings. The van der Waals surface area contributed by atoms with Gasteiger partial charge >= 0.3 is 0 Å². The summed E-state index contributed by atoms with van der Waals surface area (Å²) in [6.07, 6.45) is 1.37. The third-order valence-corrected chi connectivity index (χ3v) is 6.80. The highest BCUT2D eigenvalue weighted by Gasteiger charge is 2.32. The second-order valence-electron chi connectivity index (χ2n) is 8.66. The Morgan fingerprint density at radius 2 is 1.80 bits per heavy atom. The molecule has 8 nitrogen and oxygen atoms in total. The van der Waals surface area contributed by atoms with E-state index in [2.05, 4.69) is 5.32 Å². The van der Waals surface area contributed by atoms with Crippen molar-refractivity contribution in [3.05, 3.63) is 59.1 Å². The Hall–Kier alpha value is -2.78. The molecule has 10 heteroatoms. The lowest BCUT2D eigenvalue weighted by atomic mass is 10.1. The summed E-state index contributed by atoms with van der Waals surface area (Å²) in [5.41, 5.74) is 0.945.